The van der Waals surface area contributed by atoms with Gasteiger partial charge in [0.1, 0.15) is 11.7 Å². The van der Waals surface area contributed by atoms with Crippen molar-refractivity contribution in [3.63, 3.8) is 0 Å². The highest BCUT2D eigenvalue weighted by Gasteiger charge is 2.19. The Hall–Kier alpha value is -2.16. The van der Waals surface area contributed by atoms with Gasteiger partial charge in [0.2, 0.25) is 0 Å². The number of benzene rings is 1. The highest BCUT2D eigenvalue weighted by atomic mass is 19.1. The first-order chi connectivity index (χ1) is 13.4. The van der Waals surface area contributed by atoms with Gasteiger partial charge in [-0.3, -0.25) is 10.3 Å². The summed E-state index contributed by atoms with van der Waals surface area (Å²) in [6.07, 6.45) is 5.48. The van der Waals surface area contributed by atoms with Gasteiger partial charge in [-0.05, 0) is 55.2 Å². The molecule has 0 aliphatic rings. The zero-order valence-corrected chi connectivity index (χ0v) is 19.7. The molecule has 0 aromatic heterocycles. The number of hydrogen-bond acceptors (Lipinski definition) is 1. The molecule has 1 aromatic carbocycles. The smallest absolute Gasteiger partial charge is 0.129 e. The van der Waals surface area contributed by atoms with E-state index in [1.165, 1.54) is 12.1 Å². The van der Waals surface area contributed by atoms with E-state index >= 15 is 0 Å². The van der Waals surface area contributed by atoms with Crippen molar-refractivity contribution in [2.24, 2.45) is 5.92 Å². The van der Waals surface area contributed by atoms with Crippen molar-refractivity contribution >= 4 is 11.5 Å². The second kappa shape index (κ2) is 19.6. The monoisotopic (exact) mass is 390 g/mol. The Balaban J connectivity index is -0.000000946. The largest absolute Gasteiger partial charge is 0.300 e. The highest BCUT2D eigenvalue weighted by molar-refractivity contribution is 6.06. The lowest BCUT2D eigenvalue weighted by atomic mass is 10.0. The molecule has 0 spiro atoms. The summed E-state index contributed by atoms with van der Waals surface area (Å²) in [6, 6.07) is 6.14. The summed E-state index contributed by atoms with van der Waals surface area (Å²) in [4.78, 5) is 1.77. The van der Waals surface area contributed by atoms with Gasteiger partial charge < -0.3 is 0 Å². The fourth-order valence-electron chi connectivity index (χ4n) is 2.21. The van der Waals surface area contributed by atoms with Crippen LogP contribution in [-0.4, -0.2) is 5.84 Å². The molecule has 0 heterocycles. The minimum atomic E-state index is -0.291. The third kappa shape index (κ3) is 11.5. The minimum Gasteiger partial charge on any atom is -0.300 e. The predicted molar refractivity (Wildman–Crippen MR) is 128 cm³/mol. The van der Waals surface area contributed by atoms with Crippen molar-refractivity contribution in [1.29, 1.82) is 5.41 Å². The lowest BCUT2D eigenvalue weighted by Gasteiger charge is -2.29. The van der Waals surface area contributed by atoms with Crippen molar-refractivity contribution in [2.45, 2.75) is 75.2 Å². The molecule has 0 aliphatic heterocycles. The molecule has 1 N–H and O–H groups in total. The van der Waals surface area contributed by atoms with Gasteiger partial charge in [-0.2, -0.15) is 0 Å². The molecule has 2 nitrogen and oxygen atoms in total. The van der Waals surface area contributed by atoms with Crippen molar-refractivity contribution < 1.29 is 4.39 Å². The Bertz CT molecular complexity index is 571. The number of nitrogens with one attached hydrogen (secondary N) is 1. The second-order valence-electron chi connectivity index (χ2n) is 5.47. The zero-order valence-electron chi connectivity index (χ0n) is 19.7. The van der Waals surface area contributed by atoms with Gasteiger partial charge in [-0.1, -0.05) is 81.0 Å². The molecule has 3 heteroatoms. The third-order valence-corrected chi connectivity index (χ3v) is 3.59. The molecule has 0 aliphatic carbocycles. The Morgan fingerprint density at radius 2 is 1.57 bits per heavy atom. The number of hydrogen-bond donors (Lipinski definition) is 1. The van der Waals surface area contributed by atoms with Crippen LogP contribution in [0.2, 0.25) is 0 Å². The van der Waals surface area contributed by atoms with Gasteiger partial charge >= 0.3 is 0 Å². The van der Waals surface area contributed by atoms with Crippen LogP contribution in [0.3, 0.4) is 0 Å². The van der Waals surface area contributed by atoms with Gasteiger partial charge in [-0.15, -0.1) is 0 Å². The van der Waals surface area contributed by atoms with E-state index in [0.717, 1.165) is 29.8 Å². The van der Waals surface area contributed by atoms with E-state index in [2.05, 4.69) is 27.0 Å². The maximum Gasteiger partial charge on any atom is 0.129 e. The van der Waals surface area contributed by atoms with Crippen LogP contribution in [0.25, 0.3) is 0 Å². The maximum atomic E-state index is 13.2. The molecule has 160 valence electrons. The number of rotatable bonds is 7. The molecular formula is C25H43FN2. The van der Waals surface area contributed by atoms with Gasteiger partial charge in [-0.25, -0.2) is 4.39 Å². The Morgan fingerprint density at radius 3 is 1.96 bits per heavy atom. The summed E-state index contributed by atoms with van der Waals surface area (Å²) in [7, 11) is 0. The highest BCUT2D eigenvalue weighted by Crippen LogP contribution is 2.26. The number of allylic oxidation sites excluding steroid dienone is 3. The van der Waals surface area contributed by atoms with Crippen LogP contribution in [0.5, 0.6) is 0 Å². The standard InChI is InChI=1S/C19H25FN2.3C2H6/c1-6-8-15(4)16(5)22(19(21)13-14(3)7-2)18-11-9-17(20)10-12-18;3*1-2/h7,9-13,15,21H,2,5-6,8H2,1,3-4H3;3*1-2H3/b14-13+,21-19?;;;. The van der Waals surface area contributed by atoms with Crippen LogP contribution in [0.1, 0.15) is 75.2 Å². The Morgan fingerprint density at radius 1 is 1.11 bits per heavy atom. The average molecular weight is 391 g/mol. The van der Waals surface area contributed by atoms with Crippen LogP contribution in [-0.2, 0) is 0 Å². The van der Waals surface area contributed by atoms with Gasteiger partial charge in [0, 0.05) is 11.4 Å². The molecular weight excluding hydrogens is 347 g/mol. The summed E-state index contributed by atoms with van der Waals surface area (Å²) in [5, 5.41) is 8.37. The number of halogens is 1. The SMILES string of the molecule is C=C/C(C)=C/C(=N)N(C(=C)C(C)CCC)c1ccc(F)cc1.CC.CC.CC. The molecule has 1 unspecified atom stereocenters. The van der Waals surface area contributed by atoms with Crippen LogP contribution < -0.4 is 4.90 Å². The lowest BCUT2D eigenvalue weighted by Crippen LogP contribution is -2.30. The van der Waals surface area contributed by atoms with E-state index < -0.39 is 0 Å². The first-order valence-electron chi connectivity index (χ1n) is 10.5. The van der Waals surface area contributed by atoms with E-state index in [1.807, 2.05) is 48.5 Å². The first-order valence-corrected chi connectivity index (χ1v) is 10.5. The molecule has 28 heavy (non-hydrogen) atoms. The number of amidine groups is 1. The molecule has 0 saturated heterocycles. The third-order valence-electron chi connectivity index (χ3n) is 3.59. The van der Waals surface area contributed by atoms with Crippen molar-refractivity contribution in [3.8, 4) is 0 Å². The van der Waals surface area contributed by atoms with E-state index in [9.17, 15) is 4.39 Å². The second-order valence-corrected chi connectivity index (χ2v) is 5.47. The Kier molecular flexibility index (Phi) is 21.4. The molecule has 0 radical (unpaired) electrons. The van der Waals surface area contributed by atoms with Crippen molar-refractivity contribution in [2.75, 3.05) is 4.90 Å². The summed E-state index contributed by atoms with van der Waals surface area (Å²) in [6.45, 7) is 26.0. The van der Waals surface area contributed by atoms with Gasteiger partial charge in [0.15, 0.2) is 0 Å². The Labute approximate surface area is 174 Å². The summed E-state index contributed by atoms with van der Waals surface area (Å²) in [5.41, 5.74) is 2.48. The fourth-order valence-corrected chi connectivity index (χ4v) is 2.21. The van der Waals surface area contributed by atoms with E-state index in [-0.39, 0.29) is 11.7 Å². The molecule has 1 atom stereocenters. The van der Waals surface area contributed by atoms with Crippen molar-refractivity contribution in [1.82, 2.24) is 0 Å². The molecule has 0 fully saturated rings. The van der Waals surface area contributed by atoms with Crippen LogP contribution in [0.4, 0.5) is 10.1 Å². The fraction of sp³-hybridized carbons (Fsp3) is 0.480. The lowest BCUT2D eigenvalue weighted by molar-refractivity contribution is 0.595. The normalized spacial score (nSPS) is 10.6. The number of nitrogens with zero attached hydrogens (tertiary/aromatic N) is 1. The van der Waals surface area contributed by atoms with E-state index in [4.69, 9.17) is 5.41 Å². The van der Waals surface area contributed by atoms with Gasteiger partial charge in [0.05, 0.1) is 0 Å². The summed E-state index contributed by atoms with van der Waals surface area (Å²) >= 11 is 0. The summed E-state index contributed by atoms with van der Waals surface area (Å²) < 4.78 is 13.2. The molecule has 1 rings (SSSR count). The summed E-state index contributed by atoms with van der Waals surface area (Å²) in [5.74, 6) is 0.255. The zero-order chi connectivity index (χ0) is 22.7. The topological polar surface area (TPSA) is 27.1 Å². The molecule has 0 saturated carbocycles. The van der Waals surface area contributed by atoms with Crippen LogP contribution in [0.15, 0.2) is 60.8 Å². The van der Waals surface area contributed by atoms with Crippen LogP contribution >= 0.6 is 0 Å². The number of anilines is 1. The quantitative estimate of drug-likeness (QED) is 0.281. The average Bonchev–Trinajstić information content (AvgIpc) is 2.74. The van der Waals surface area contributed by atoms with Crippen molar-refractivity contribution in [3.05, 3.63) is 66.7 Å². The molecule has 0 bridgehead atoms. The first kappa shape index (κ1) is 30.6. The van der Waals surface area contributed by atoms with E-state index in [0.29, 0.717) is 5.84 Å². The van der Waals surface area contributed by atoms with E-state index in [1.54, 1.807) is 29.2 Å². The maximum absolute atomic E-state index is 13.2. The van der Waals surface area contributed by atoms with Crippen LogP contribution in [0, 0.1) is 17.1 Å². The molecule has 1 aromatic rings. The molecule has 0 amide bonds. The predicted octanol–water partition coefficient (Wildman–Crippen LogP) is 8.77. The minimum absolute atomic E-state index is 0.243. The van der Waals surface area contributed by atoms with Gasteiger partial charge in [0.25, 0.3) is 0 Å².